The highest BCUT2D eigenvalue weighted by Gasteiger charge is 2.35. The number of hydrogen-bond acceptors (Lipinski definition) is 3. The van der Waals surface area contributed by atoms with E-state index in [1.807, 2.05) is 4.90 Å². The fraction of sp³-hybridized carbons (Fsp3) is 0.385. The van der Waals surface area contributed by atoms with Gasteiger partial charge in [0.15, 0.2) is 6.61 Å². The molecule has 1 heterocycles. The van der Waals surface area contributed by atoms with Crippen molar-refractivity contribution in [1.29, 1.82) is 0 Å². The summed E-state index contributed by atoms with van der Waals surface area (Å²) < 4.78 is 21.6. The Kier molecular flexibility index (Phi) is 6.21. The maximum atomic E-state index is 14.1. The minimum atomic E-state index is -0.935. The van der Waals surface area contributed by atoms with Gasteiger partial charge in [0.2, 0.25) is 0 Å². The van der Waals surface area contributed by atoms with Crippen molar-refractivity contribution in [3.63, 3.8) is 0 Å². The third-order valence-electron chi connectivity index (χ3n) is 6.77. The van der Waals surface area contributed by atoms with E-state index in [-0.39, 0.29) is 30.9 Å². The normalized spacial score (nSPS) is 17.4. The van der Waals surface area contributed by atoms with Crippen LogP contribution in [0.15, 0.2) is 42.5 Å². The molecule has 3 aromatic rings. The molecule has 1 atom stereocenters. The second-order valence-corrected chi connectivity index (χ2v) is 9.64. The van der Waals surface area contributed by atoms with Crippen LogP contribution in [0.1, 0.15) is 30.5 Å². The van der Waals surface area contributed by atoms with Gasteiger partial charge in [0.05, 0.1) is 0 Å². The lowest BCUT2D eigenvalue weighted by Crippen LogP contribution is -2.46. The molecule has 0 radical (unpaired) electrons. The van der Waals surface area contributed by atoms with Gasteiger partial charge in [-0.1, -0.05) is 17.7 Å². The van der Waals surface area contributed by atoms with Gasteiger partial charge in [0.25, 0.3) is 5.91 Å². The van der Waals surface area contributed by atoms with Gasteiger partial charge in [-0.15, -0.1) is 0 Å². The number of nitrogens with zero attached hydrogens (tertiary/aromatic N) is 2. The van der Waals surface area contributed by atoms with Gasteiger partial charge in [-0.2, -0.15) is 0 Å². The molecule has 178 valence electrons. The largest absolute Gasteiger partial charge is 0.484 e. The molecule has 1 fully saturated rings. The van der Waals surface area contributed by atoms with Crippen LogP contribution in [0.4, 0.5) is 4.39 Å². The Labute approximate surface area is 201 Å². The van der Waals surface area contributed by atoms with E-state index in [0.717, 1.165) is 41.4 Å². The molecule has 2 aromatic carbocycles. The molecular weight excluding hydrogens is 459 g/mol. The summed E-state index contributed by atoms with van der Waals surface area (Å²) >= 11 is 6.02. The molecule has 1 unspecified atom stereocenters. The van der Waals surface area contributed by atoms with Crippen LogP contribution in [-0.4, -0.2) is 45.6 Å². The zero-order chi connectivity index (χ0) is 23.8. The minimum absolute atomic E-state index is 0.0456. The highest BCUT2D eigenvalue weighted by molar-refractivity contribution is 6.30. The van der Waals surface area contributed by atoms with Crippen LogP contribution < -0.4 is 4.74 Å². The van der Waals surface area contributed by atoms with E-state index in [0.29, 0.717) is 36.1 Å². The van der Waals surface area contributed by atoms with Crippen LogP contribution in [-0.2, 0) is 29.0 Å². The molecule has 2 aliphatic carbocycles. The summed E-state index contributed by atoms with van der Waals surface area (Å²) in [6, 6.07) is 11.4. The number of aliphatic carboxylic acids is 1. The summed E-state index contributed by atoms with van der Waals surface area (Å²) in [6.07, 6.45) is 4.14. The highest BCUT2D eigenvalue weighted by Crippen LogP contribution is 2.36. The van der Waals surface area contributed by atoms with Crippen LogP contribution in [0.5, 0.6) is 5.75 Å². The molecule has 1 amide bonds. The molecule has 0 aliphatic heterocycles. The number of rotatable bonds is 8. The first kappa shape index (κ1) is 22.7. The number of carbonyl (C=O) groups is 2. The second-order valence-electron chi connectivity index (χ2n) is 9.20. The topological polar surface area (TPSA) is 71.8 Å². The van der Waals surface area contributed by atoms with Gasteiger partial charge >= 0.3 is 5.97 Å². The molecule has 1 saturated carbocycles. The predicted molar refractivity (Wildman–Crippen MR) is 127 cm³/mol. The Balaban J connectivity index is 1.40. The van der Waals surface area contributed by atoms with Gasteiger partial charge in [-0.05, 0) is 80.0 Å². The number of carbonyl (C=O) groups excluding carboxylic acids is 1. The molecule has 1 aromatic heterocycles. The minimum Gasteiger partial charge on any atom is -0.484 e. The third-order valence-corrected chi connectivity index (χ3v) is 7.00. The summed E-state index contributed by atoms with van der Waals surface area (Å²) in [7, 11) is 0. The molecule has 0 saturated heterocycles. The van der Waals surface area contributed by atoms with Crippen LogP contribution in [0.2, 0.25) is 5.02 Å². The van der Waals surface area contributed by atoms with Crippen molar-refractivity contribution in [1.82, 2.24) is 9.47 Å². The molecule has 1 N–H and O–H groups in total. The summed E-state index contributed by atoms with van der Waals surface area (Å²) in [6.45, 7) is 0.437. The van der Waals surface area contributed by atoms with Crippen LogP contribution in [0.25, 0.3) is 10.9 Å². The highest BCUT2D eigenvalue weighted by atomic mass is 35.5. The van der Waals surface area contributed by atoms with Crippen molar-refractivity contribution < 1.29 is 23.8 Å². The van der Waals surface area contributed by atoms with Crippen molar-refractivity contribution in [3.8, 4) is 5.75 Å². The average Bonchev–Trinajstić information content (AvgIpc) is 3.59. The summed E-state index contributed by atoms with van der Waals surface area (Å²) in [5.74, 6) is -0.325. The van der Waals surface area contributed by atoms with Crippen molar-refractivity contribution in [2.45, 2.75) is 44.7 Å². The zero-order valence-corrected chi connectivity index (χ0v) is 19.4. The van der Waals surface area contributed by atoms with E-state index in [2.05, 4.69) is 0 Å². The Hall–Kier alpha value is -3.06. The standard InChI is InChI=1S/C26H26ClFN2O4/c27-17-2-1-3-20(10-17)34-15-25(31)29(13-16-4-5-16)19-7-9-24-22(12-19)21-11-18(28)6-8-23(21)30(24)14-26(32)33/h1-3,6,8,10-11,16,19H,4-5,7,9,12-15H2,(H,32,33). The maximum Gasteiger partial charge on any atom is 0.323 e. The number of ether oxygens (including phenoxy) is 1. The van der Waals surface area contributed by atoms with E-state index in [1.54, 1.807) is 34.9 Å². The first-order chi connectivity index (χ1) is 16.4. The van der Waals surface area contributed by atoms with E-state index in [9.17, 15) is 19.1 Å². The number of halogens is 2. The Bertz CT molecular complexity index is 1250. The van der Waals surface area contributed by atoms with E-state index >= 15 is 0 Å². The number of amides is 1. The quantitative estimate of drug-likeness (QED) is 0.503. The molecule has 2 aliphatic rings. The number of hydrogen-bond donors (Lipinski definition) is 1. The molecule has 0 bridgehead atoms. The molecule has 8 heteroatoms. The Morgan fingerprint density at radius 3 is 2.74 bits per heavy atom. The van der Waals surface area contributed by atoms with E-state index in [1.165, 1.54) is 12.1 Å². The first-order valence-corrected chi connectivity index (χ1v) is 12.0. The second kappa shape index (κ2) is 9.29. The molecule has 6 nitrogen and oxygen atoms in total. The molecular formula is C26H26ClFN2O4. The lowest BCUT2D eigenvalue weighted by atomic mass is 9.90. The van der Waals surface area contributed by atoms with E-state index in [4.69, 9.17) is 16.3 Å². The Morgan fingerprint density at radius 2 is 2.00 bits per heavy atom. The van der Waals surface area contributed by atoms with Gasteiger partial charge in [-0.25, -0.2) is 4.39 Å². The smallest absolute Gasteiger partial charge is 0.323 e. The third kappa shape index (κ3) is 4.75. The lowest BCUT2D eigenvalue weighted by Gasteiger charge is -2.35. The average molecular weight is 485 g/mol. The van der Waals surface area contributed by atoms with Gasteiger partial charge in [0, 0.05) is 34.2 Å². The fourth-order valence-electron chi connectivity index (χ4n) is 5.00. The first-order valence-electron chi connectivity index (χ1n) is 11.6. The summed E-state index contributed by atoms with van der Waals surface area (Å²) in [5, 5.41) is 10.7. The number of aromatic nitrogens is 1. The summed E-state index contributed by atoms with van der Waals surface area (Å²) in [5.41, 5.74) is 2.59. The van der Waals surface area contributed by atoms with Gasteiger partial charge < -0.3 is 19.3 Å². The summed E-state index contributed by atoms with van der Waals surface area (Å²) in [4.78, 5) is 26.7. The molecule has 5 rings (SSSR count). The number of benzene rings is 2. The van der Waals surface area contributed by atoms with Crippen LogP contribution in [0.3, 0.4) is 0 Å². The fourth-order valence-corrected chi connectivity index (χ4v) is 5.18. The predicted octanol–water partition coefficient (Wildman–Crippen LogP) is 4.69. The van der Waals surface area contributed by atoms with Crippen molar-refractivity contribution in [2.75, 3.05) is 13.2 Å². The molecule has 0 spiro atoms. The van der Waals surface area contributed by atoms with Gasteiger partial charge in [0.1, 0.15) is 18.1 Å². The number of carboxylic acids is 1. The van der Waals surface area contributed by atoms with E-state index < -0.39 is 5.97 Å². The monoisotopic (exact) mass is 484 g/mol. The number of fused-ring (bicyclic) bond motifs is 3. The SMILES string of the molecule is O=C(O)Cn1c2c(c3cc(F)ccc31)CC(N(CC1CC1)C(=O)COc1cccc(Cl)c1)CC2. The zero-order valence-electron chi connectivity index (χ0n) is 18.7. The van der Waals surface area contributed by atoms with Crippen molar-refractivity contribution in [2.24, 2.45) is 5.92 Å². The Morgan fingerprint density at radius 1 is 1.18 bits per heavy atom. The van der Waals surface area contributed by atoms with Crippen molar-refractivity contribution in [3.05, 3.63) is 64.6 Å². The number of carboxylic acid groups (broad SMARTS) is 1. The molecule has 34 heavy (non-hydrogen) atoms. The lowest BCUT2D eigenvalue weighted by molar-refractivity contribution is -0.137. The van der Waals surface area contributed by atoms with Crippen LogP contribution in [0, 0.1) is 11.7 Å². The van der Waals surface area contributed by atoms with Crippen LogP contribution >= 0.6 is 11.6 Å². The maximum absolute atomic E-state index is 14.1. The van der Waals surface area contributed by atoms with Crippen molar-refractivity contribution >= 4 is 34.4 Å². The van der Waals surface area contributed by atoms with Gasteiger partial charge in [-0.3, -0.25) is 9.59 Å².